The molecular weight excluding hydrogens is 326 g/mol. The third-order valence-electron chi connectivity index (χ3n) is 5.05. The van der Waals surface area contributed by atoms with Crippen molar-refractivity contribution >= 4 is 16.7 Å². The first-order valence-corrected chi connectivity index (χ1v) is 8.98. The molecule has 1 N–H and O–H groups in total. The van der Waals surface area contributed by atoms with Crippen molar-refractivity contribution in [2.45, 2.75) is 19.4 Å². The number of rotatable bonds is 4. The predicted octanol–water partition coefficient (Wildman–Crippen LogP) is 3.02. The average Bonchev–Trinajstić information content (AvgIpc) is 2.69. The van der Waals surface area contributed by atoms with Crippen LogP contribution < -0.4 is 5.56 Å². The van der Waals surface area contributed by atoms with E-state index in [1.807, 2.05) is 36.4 Å². The first kappa shape index (κ1) is 16.7. The van der Waals surface area contributed by atoms with Gasteiger partial charge in [0.1, 0.15) is 0 Å². The highest BCUT2D eigenvalue weighted by atomic mass is 16.1. The molecule has 0 amide bonds. The van der Waals surface area contributed by atoms with Crippen LogP contribution >= 0.6 is 0 Å². The molecule has 2 aromatic heterocycles. The van der Waals surface area contributed by atoms with Crippen molar-refractivity contribution in [3.63, 3.8) is 0 Å². The number of ketones is 1. The summed E-state index contributed by atoms with van der Waals surface area (Å²) in [6, 6.07) is 13.4. The van der Waals surface area contributed by atoms with Crippen molar-refractivity contribution in [3.8, 4) is 0 Å². The van der Waals surface area contributed by atoms with E-state index in [0.717, 1.165) is 35.9 Å². The molecule has 1 aliphatic heterocycles. The van der Waals surface area contributed by atoms with E-state index in [2.05, 4.69) is 14.9 Å². The van der Waals surface area contributed by atoms with Gasteiger partial charge >= 0.3 is 0 Å². The molecule has 4 rings (SSSR count). The molecule has 0 bridgehead atoms. The third-order valence-corrected chi connectivity index (χ3v) is 5.05. The predicted molar refractivity (Wildman–Crippen MR) is 101 cm³/mol. The van der Waals surface area contributed by atoms with Crippen LogP contribution in [-0.4, -0.2) is 33.7 Å². The Morgan fingerprint density at radius 1 is 1.23 bits per heavy atom. The maximum Gasteiger partial charge on any atom is 0.252 e. The van der Waals surface area contributed by atoms with E-state index < -0.39 is 0 Å². The maximum absolute atomic E-state index is 12.7. The number of aromatic nitrogens is 2. The van der Waals surface area contributed by atoms with Crippen molar-refractivity contribution in [1.29, 1.82) is 0 Å². The molecule has 3 aromatic rings. The highest BCUT2D eigenvalue weighted by Gasteiger charge is 2.27. The molecule has 0 aliphatic carbocycles. The van der Waals surface area contributed by atoms with E-state index in [-0.39, 0.29) is 17.3 Å². The number of para-hydroxylation sites is 1. The highest BCUT2D eigenvalue weighted by Crippen LogP contribution is 2.22. The number of carbonyl (C=O) groups is 1. The van der Waals surface area contributed by atoms with Crippen molar-refractivity contribution in [1.82, 2.24) is 14.9 Å². The monoisotopic (exact) mass is 347 g/mol. The molecule has 5 heteroatoms. The number of pyridine rings is 2. The van der Waals surface area contributed by atoms with Crippen LogP contribution in [0.2, 0.25) is 0 Å². The summed E-state index contributed by atoms with van der Waals surface area (Å²) < 4.78 is 0. The van der Waals surface area contributed by atoms with Gasteiger partial charge in [-0.3, -0.25) is 19.5 Å². The number of hydrogen-bond donors (Lipinski definition) is 1. The van der Waals surface area contributed by atoms with Crippen LogP contribution in [0.3, 0.4) is 0 Å². The Balaban J connectivity index is 1.51. The number of carbonyl (C=O) groups excluding carboxylic acids is 1. The zero-order valence-corrected chi connectivity index (χ0v) is 14.5. The molecule has 3 heterocycles. The molecule has 1 aliphatic rings. The molecule has 1 atom stereocenters. The van der Waals surface area contributed by atoms with Gasteiger partial charge in [-0.05, 0) is 49.0 Å². The summed E-state index contributed by atoms with van der Waals surface area (Å²) in [5.74, 6) is 0.114. The number of nitrogens with zero attached hydrogens (tertiary/aromatic N) is 2. The minimum absolute atomic E-state index is 0.0347. The Morgan fingerprint density at radius 2 is 2.12 bits per heavy atom. The Labute approximate surface area is 151 Å². The second-order valence-corrected chi connectivity index (χ2v) is 6.89. The second-order valence-electron chi connectivity index (χ2n) is 6.89. The van der Waals surface area contributed by atoms with Gasteiger partial charge in [0.15, 0.2) is 5.78 Å². The number of fused-ring (bicyclic) bond motifs is 1. The zero-order valence-electron chi connectivity index (χ0n) is 14.5. The molecule has 1 aromatic carbocycles. The minimum Gasteiger partial charge on any atom is -0.322 e. The first-order valence-electron chi connectivity index (χ1n) is 8.98. The summed E-state index contributed by atoms with van der Waals surface area (Å²) in [5, 5.41) is 1.03. The molecular formula is C21H21N3O2. The van der Waals surface area contributed by atoms with E-state index in [9.17, 15) is 9.59 Å². The minimum atomic E-state index is -0.0515. The van der Waals surface area contributed by atoms with Crippen LogP contribution in [0, 0.1) is 5.92 Å². The molecule has 5 nitrogen and oxygen atoms in total. The third kappa shape index (κ3) is 3.44. The summed E-state index contributed by atoms with van der Waals surface area (Å²) in [5.41, 5.74) is 2.22. The lowest BCUT2D eigenvalue weighted by molar-refractivity contribution is 0.0811. The van der Waals surface area contributed by atoms with Gasteiger partial charge in [-0.15, -0.1) is 0 Å². The highest BCUT2D eigenvalue weighted by molar-refractivity contribution is 5.97. The Morgan fingerprint density at radius 3 is 2.96 bits per heavy atom. The van der Waals surface area contributed by atoms with Crippen molar-refractivity contribution in [3.05, 3.63) is 76.3 Å². The normalized spacial score (nSPS) is 18.1. The van der Waals surface area contributed by atoms with Gasteiger partial charge in [0.2, 0.25) is 0 Å². The Hall–Kier alpha value is -2.79. The van der Waals surface area contributed by atoms with Crippen LogP contribution in [0.1, 0.15) is 28.8 Å². The number of piperidine rings is 1. The second kappa shape index (κ2) is 7.22. The molecule has 26 heavy (non-hydrogen) atoms. The van der Waals surface area contributed by atoms with Gasteiger partial charge in [-0.25, -0.2) is 0 Å². The van der Waals surface area contributed by atoms with Crippen LogP contribution in [0.15, 0.2) is 59.7 Å². The van der Waals surface area contributed by atoms with Gasteiger partial charge in [0, 0.05) is 48.0 Å². The number of aromatic amines is 1. The van der Waals surface area contributed by atoms with E-state index in [1.165, 1.54) is 0 Å². The van der Waals surface area contributed by atoms with Crippen LogP contribution in [0.4, 0.5) is 0 Å². The SMILES string of the molecule is O=C(c1cccnc1)[C@H]1CCCN(Cc2cc3ccccc3[nH]c2=O)C1. The fraction of sp³-hybridized carbons (Fsp3) is 0.286. The summed E-state index contributed by atoms with van der Waals surface area (Å²) in [7, 11) is 0. The van der Waals surface area contributed by atoms with E-state index in [0.29, 0.717) is 18.7 Å². The lowest BCUT2D eigenvalue weighted by Crippen LogP contribution is -2.39. The first-order chi connectivity index (χ1) is 12.7. The molecule has 0 spiro atoms. The molecule has 1 saturated heterocycles. The molecule has 1 fully saturated rings. The largest absolute Gasteiger partial charge is 0.322 e. The van der Waals surface area contributed by atoms with Crippen LogP contribution in [-0.2, 0) is 6.54 Å². The lowest BCUT2D eigenvalue weighted by Gasteiger charge is -2.31. The van der Waals surface area contributed by atoms with Gasteiger partial charge in [0.25, 0.3) is 5.56 Å². The van der Waals surface area contributed by atoms with E-state index in [1.54, 1.807) is 18.5 Å². The summed E-state index contributed by atoms with van der Waals surface area (Å²) in [6.45, 7) is 2.15. The topological polar surface area (TPSA) is 66.1 Å². The quantitative estimate of drug-likeness (QED) is 0.737. The number of nitrogens with one attached hydrogen (secondary N) is 1. The average molecular weight is 347 g/mol. The van der Waals surface area contributed by atoms with Gasteiger partial charge in [-0.1, -0.05) is 18.2 Å². The maximum atomic E-state index is 12.7. The van der Waals surface area contributed by atoms with Crippen molar-refractivity contribution < 1.29 is 4.79 Å². The van der Waals surface area contributed by atoms with Gasteiger partial charge in [-0.2, -0.15) is 0 Å². The summed E-state index contributed by atoms with van der Waals surface area (Å²) >= 11 is 0. The number of H-pyrrole nitrogens is 1. The summed E-state index contributed by atoms with van der Waals surface area (Å²) in [6.07, 6.45) is 5.16. The molecule has 0 unspecified atom stereocenters. The Kier molecular flexibility index (Phi) is 4.63. The van der Waals surface area contributed by atoms with Crippen LogP contribution in [0.5, 0.6) is 0 Å². The van der Waals surface area contributed by atoms with Crippen molar-refractivity contribution in [2.24, 2.45) is 5.92 Å². The molecule has 0 radical (unpaired) electrons. The van der Waals surface area contributed by atoms with Crippen molar-refractivity contribution in [2.75, 3.05) is 13.1 Å². The van der Waals surface area contributed by atoms with E-state index in [4.69, 9.17) is 0 Å². The smallest absolute Gasteiger partial charge is 0.252 e. The fourth-order valence-corrected chi connectivity index (χ4v) is 3.71. The number of hydrogen-bond acceptors (Lipinski definition) is 4. The fourth-order valence-electron chi connectivity index (χ4n) is 3.71. The number of likely N-dealkylation sites (tertiary alicyclic amines) is 1. The zero-order chi connectivity index (χ0) is 17.9. The number of Topliss-reactive ketones (excluding diaryl/α,β-unsaturated/α-hetero) is 1. The van der Waals surface area contributed by atoms with Gasteiger partial charge < -0.3 is 4.98 Å². The molecule has 132 valence electrons. The van der Waals surface area contributed by atoms with Gasteiger partial charge in [0.05, 0.1) is 0 Å². The van der Waals surface area contributed by atoms with Crippen LogP contribution in [0.25, 0.3) is 10.9 Å². The lowest BCUT2D eigenvalue weighted by atomic mass is 9.90. The standard InChI is InChI=1S/C21H21N3O2/c25-20(16-6-3-9-22-12-16)17-7-4-10-24(13-17)14-18-11-15-5-1-2-8-19(15)23-21(18)26/h1-3,5-6,8-9,11-12,17H,4,7,10,13-14H2,(H,23,26)/t17-/m0/s1. The van der Waals surface area contributed by atoms with E-state index >= 15 is 0 Å². The number of benzene rings is 1. The Bertz CT molecular complexity index is 981. The summed E-state index contributed by atoms with van der Waals surface area (Å²) in [4.78, 5) is 34.3. The molecule has 0 saturated carbocycles.